The van der Waals surface area contributed by atoms with Gasteiger partial charge in [-0.15, -0.1) is 0 Å². The Balaban J connectivity index is 2.45. The van der Waals surface area contributed by atoms with Crippen LogP contribution in [0.15, 0.2) is 12.1 Å². The van der Waals surface area contributed by atoms with Gasteiger partial charge in [0.05, 0.1) is 17.8 Å². The first-order valence-corrected chi connectivity index (χ1v) is 3.70. The smallest absolute Gasteiger partial charge is 0.354 e. The van der Waals surface area contributed by atoms with Crippen molar-refractivity contribution in [2.24, 2.45) is 0 Å². The zero-order valence-corrected chi connectivity index (χ0v) is 6.57. The second kappa shape index (κ2) is 2.55. The van der Waals surface area contributed by atoms with Crippen molar-refractivity contribution in [2.75, 3.05) is 5.32 Å². The summed E-state index contributed by atoms with van der Waals surface area (Å²) in [6.45, 7) is 0. The number of nitrogens with zero attached hydrogens (tertiary/aromatic N) is 1. The molecule has 2 heterocycles. The number of nitrogens with one attached hydrogen (secondary N) is 1. The first-order valence-electron chi connectivity index (χ1n) is 3.70. The van der Waals surface area contributed by atoms with E-state index < -0.39 is 5.97 Å². The van der Waals surface area contributed by atoms with E-state index in [1.807, 2.05) is 0 Å². The molecule has 1 amide bonds. The Kier molecular flexibility index (Phi) is 1.51. The molecule has 2 rings (SSSR count). The molecule has 0 saturated heterocycles. The van der Waals surface area contributed by atoms with E-state index >= 15 is 0 Å². The van der Waals surface area contributed by atoms with Gasteiger partial charge in [-0.1, -0.05) is 0 Å². The van der Waals surface area contributed by atoms with Crippen molar-refractivity contribution in [3.8, 4) is 0 Å². The van der Waals surface area contributed by atoms with Crippen molar-refractivity contribution in [2.45, 2.75) is 6.42 Å². The second-order valence-electron chi connectivity index (χ2n) is 2.72. The number of anilines is 1. The molecular formula is C8H6N2O3. The summed E-state index contributed by atoms with van der Waals surface area (Å²) in [7, 11) is 0. The molecule has 1 aromatic rings. The summed E-state index contributed by atoms with van der Waals surface area (Å²) in [5.74, 6) is -1.23. The molecule has 0 saturated carbocycles. The van der Waals surface area contributed by atoms with E-state index in [2.05, 4.69) is 10.3 Å². The average Bonchev–Trinajstić information content (AvgIpc) is 2.42. The fourth-order valence-electron chi connectivity index (χ4n) is 1.22. The number of carboxylic acids is 1. The highest BCUT2D eigenvalue weighted by Crippen LogP contribution is 2.20. The van der Waals surface area contributed by atoms with E-state index in [-0.39, 0.29) is 18.0 Å². The summed E-state index contributed by atoms with van der Waals surface area (Å²) in [4.78, 5) is 25.2. The molecule has 2 N–H and O–H groups in total. The van der Waals surface area contributed by atoms with Crippen LogP contribution in [0, 0.1) is 0 Å². The van der Waals surface area contributed by atoms with Crippen molar-refractivity contribution in [1.82, 2.24) is 4.98 Å². The molecule has 0 bridgehead atoms. The summed E-state index contributed by atoms with van der Waals surface area (Å²) in [6.07, 6.45) is 0.163. The molecule has 13 heavy (non-hydrogen) atoms. The third-order valence-corrected chi connectivity index (χ3v) is 1.80. The summed E-state index contributed by atoms with van der Waals surface area (Å²) in [5, 5.41) is 11.2. The number of aromatic carboxylic acids is 1. The SMILES string of the molecule is O=C1Cc2nc(C(=O)O)ccc2N1. The standard InChI is InChI=1S/C8H6N2O3/c11-7-3-6-4(10-7)1-2-5(9-6)8(12)13/h1-2H,3H2,(H,10,11)(H,12,13). The Morgan fingerprint density at radius 3 is 3.00 bits per heavy atom. The predicted molar refractivity (Wildman–Crippen MR) is 43.5 cm³/mol. The summed E-state index contributed by atoms with van der Waals surface area (Å²) >= 11 is 0. The highest BCUT2D eigenvalue weighted by atomic mass is 16.4. The first-order chi connectivity index (χ1) is 6.16. The van der Waals surface area contributed by atoms with E-state index in [1.165, 1.54) is 6.07 Å². The van der Waals surface area contributed by atoms with Gasteiger partial charge in [-0.25, -0.2) is 9.78 Å². The third-order valence-electron chi connectivity index (χ3n) is 1.80. The number of rotatable bonds is 1. The Hall–Kier alpha value is -1.91. The van der Waals surface area contributed by atoms with Crippen LogP contribution in [-0.4, -0.2) is 22.0 Å². The van der Waals surface area contributed by atoms with Crippen molar-refractivity contribution in [1.29, 1.82) is 0 Å². The molecule has 5 nitrogen and oxygen atoms in total. The number of carbonyl (C=O) groups excluding carboxylic acids is 1. The van der Waals surface area contributed by atoms with Gasteiger partial charge in [0, 0.05) is 0 Å². The van der Waals surface area contributed by atoms with Gasteiger partial charge in [-0.3, -0.25) is 4.79 Å². The molecule has 0 unspecified atom stereocenters. The minimum atomic E-state index is -1.08. The van der Waals surface area contributed by atoms with Crippen LogP contribution in [0.25, 0.3) is 0 Å². The molecular weight excluding hydrogens is 172 g/mol. The lowest BCUT2D eigenvalue weighted by atomic mass is 10.2. The van der Waals surface area contributed by atoms with Crippen LogP contribution < -0.4 is 5.32 Å². The van der Waals surface area contributed by atoms with Crippen molar-refractivity contribution >= 4 is 17.6 Å². The quantitative estimate of drug-likeness (QED) is 0.647. The molecule has 0 aliphatic carbocycles. The molecule has 66 valence electrons. The zero-order valence-electron chi connectivity index (χ0n) is 6.57. The minimum Gasteiger partial charge on any atom is -0.477 e. The summed E-state index contributed by atoms with van der Waals surface area (Å²) in [5.41, 5.74) is 1.08. The first kappa shape index (κ1) is 7.72. The Morgan fingerprint density at radius 2 is 2.31 bits per heavy atom. The van der Waals surface area contributed by atoms with Crippen molar-refractivity contribution < 1.29 is 14.7 Å². The molecule has 0 fully saturated rings. The summed E-state index contributed by atoms with van der Waals surface area (Å²) in [6, 6.07) is 2.92. The maximum absolute atomic E-state index is 10.9. The number of hydrogen-bond acceptors (Lipinski definition) is 3. The van der Waals surface area contributed by atoms with Gasteiger partial charge >= 0.3 is 5.97 Å². The molecule has 0 radical (unpaired) electrons. The van der Waals surface area contributed by atoms with Gasteiger partial charge < -0.3 is 10.4 Å². The lowest BCUT2D eigenvalue weighted by Gasteiger charge is -1.97. The molecule has 1 aromatic heterocycles. The normalized spacial score (nSPS) is 13.7. The number of carboxylic acid groups (broad SMARTS) is 1. The van der Waals surface area contributed by atoms with Gasteiger partial charge in [0.1, 0.15) is 5.69 Å². The van der Waals surface area contributed by atoms with Crippen LogP contribution in [0.4, 0.5) is 5.69 Å². The van der Waals surface area contributed by atoms with Gasteiger partial charge in [0.2, 0.25) is 5.91 Å². The Labute approximate surface area is 73.4 Å². The second-order valence-corrected chi connectivity index (χ2v) is 2.72. The van der Waals surface area contributed by atoms with Gasteiger partial charge in [-0.05, 0) is 12.1 Å². The molecule has 0 atom stereocenters. The largest absolute Gasteiger partial charge is 0.477 e. The number of hydrogen-bond donors (Lipinski definition) is 2. The number of fused-ring (bicyclic) bond motifs is 1. The zero-order chi connectivity index (χ0) is 9.42. The van der Waals surface area contributed by atoms with Crippen LogP contribution in [0.3, 0.4) is 0 Å². The van der Waals surface area contributed by atoms with E-state index in [1.54, 1.807) is 6.07 Å². The van der Waals surface area contributed by atoms with Crippen molar-refractivity contribution in [3.05, 3.63) is 23.5 Å². The highest BCUT2D eigenvalue weighted by molar-refractivity contribution is 5.99. The maximum atomic E-state index is 10.9. The van der Waals surface area contributed by atoms with Crippen LogP contribution >= 0.6 is 0 Å². The molecule has 0 aromatic carbocycles. The molecule has 1 aliphatic rings. The van der Waals surface area contributed by atoms with E-state index in [9.17, 15) is 9.59 Å². The minimum absolute atomic E-state index is 0.0322. The topological polar surface area (TPSA) is 79.3 Å². The van der Waals surface area contributed by atoms with E-state index in [0.29, 0.717) is 11.4 Å². The van der Waals surface area contributed by atoms with E-state index in [4.69, 9.17) is 5.11 Å². The van der Waals surface area contributed by atoms with Crippen LogP contribution in [-0.2, 0) is 11.2 Å². The lowest BCUT2D eigenvalue weighted by molar-refractivity contribution is -0.115. The Bertz CT molecular complexity index is 400. The number of amides is 1. The highest BCUT2D eigenvalue weighted by Gasteiger charge is 2.20. The van der Waals surface area contributed by atoms with Gasteiger partial charge in [0.25, 0.3) is 0 Å². The van der Waals surface area contributed by atoms with Crippen molar-refractivity contribution in [3.63, 3.8) is 0 Å². The fourth-order valence-corrected chi connectivity index (χ4v) is 1.22. The average molecular weight is 178 g/mol. The van der Waals surface area contributed by atoms with Gasteiger partial charge in [0.15, 0.2) is 0 Å². The number of pyridine rings is 1. The summed E-state index contributed by atoms with van der Waals surface area (Å²) < 4.78 is 0. The number of aromatic nitrogens is 1. The monoisotopic (exact) mass is 178 g/mol. The third kappa shape index (κ3) is 1.24. The molecule has 5 heteroatoms. The van der Waals surface area contributed by atoms with Gasteiger partial charge in [-0.2, -0.15) is 0 Å². The lowest BCUT2D eigenvalue weighted by Crippen LogP contribution is -2.03. The number of carbonyl (C=O) groups is 2. The predicted octanol–water partition coefficient (Wildman–Crippen LogP) is 0.274. The maximum Gasteiger partial charge on any atom is 0.354 e. The fraction of sp³-hybridized carbons (Fsp3) is 0.125. The van der Waals surface area contributed by atoms with Crippen LogP contribution in [0.5, 0.6) is 0 Å². The van der Waals surface area contributed by atoms with Crippen LogP contribution in [0.2, 0.25) is 0 Å². The molecule has 1 aliphatic heterocycles. The van der Waals surface area contributed by atoms with E-state index in [0.717, 1.165) is 0 Å². The van der Waals surface area contributed by atoms with Crippen LogP contribution in [0.1, 0.15) is 16.2 Å². The molecule has 0 spiro atoms. The Morgan fingerprint density at radius 1 is 1.54 bits per heavy atom.